The number of anilines is 1. The molecule has 0 aliphatic carbocycles. The van der Waals surface area contributed by atoms with Crippen LogP contribution in [0.2, 0.25) is 0 Å². The molecular formula is C16H27N3O. The quantitative estimate of drug-likeness (QED) is 0.923. The van der Waals surface area contributed by atoms with E-state index in [1.807, 2.05) is 13.1 Å². The van der Waals surface area contributed by atoms with Crippen molar-refractivity contribution in [2.75, 3.05) is 18.0 Å². The van der Waals surface area contributed by atoms with Crippen LogP contribution < -0.4 is 4.90 Å². The molecule has 0 saturated carbocycles. The van der Waals surface area contributed by atoms with Gasteiger partial charge in [-0.1, -0.05) is 27.2 Å². The van der Waals surface area contributed by atoms with Gasteiger partial charge in [0.25, 0.3) is 0 Å². The van der Waals surface area contributed by atoms with Gasteiger partial charge in [-0.25, -0.2) is 9.97 Å². The van der Waals surface area contributed by atoms with Gasteiger partial charge < -0.3 is 10.0 Å². The lowest BCUT2D eigenvalue weighted by Crippen LogP contribution is -2.34. The Labute approximate surface area is 122 Å². The number of nitrogens with zero attached hydrogens (tertiary/aromatic N) is 3. The summed E-state index contributed by atoms with van der Waals surface area (Å²) in [7, 11) is 0. The van der Waals surface area contributed by atoms with Gasteiger partial charge in [0.15, 0.2) is 0 Å². The van der Waals surface area contributed by atoms with Crippen LogP contribution in [-0.2, 0) is 6.42 Å². The van der Waals surface area contributed by atoms with Crippen molar-refractivity contribution in [3.05, 3.63) is 17.6 Å². The summed E-state index contributed by atoms with van der Waals surface area (Å²) in [6.45, 7) is 10.4. The van der Waals surface area contributed by atoms with E-state index in [-0.39, 0.29) is 11.5 Å². The van der Waals surface area contributed by atoms with E-state index in [1.54, 1.807) is 0 Å². The summed E-state index contributed by atoms with van der Waals surface area (Å²) in [5, 5.41) is 10.1. The standard InChI is InChI=1S/C16H27N3O/c1-5-6-13-10-17-12(2)18-15(13)19-8-7-14(20)9-16(3,4)11-19/h10,14,20H,5-9,11H2,1-4H3/t14-/m1/s1. The first-order valence-electron chi connectivity index (χ1n) is 7.67. The molecule has 1 aromatic rings. The molecule has 112 valence electrons. The highest BCUT2D eigenvalue weighted by molar-refractivity contribution is 5.46. The minimum Gasteiger partial charge on any atom is -0.393 e. The number of aliphatic hydroxyl groups is 1. The van der Waals surface area contributed by atoms with E-state index in [4.69, 9.17) is 0 Å². The van der Waals surface area contributed by atoms with Gasteiger partial charge in [-0.15, -0.1) is 0 Å². The second kappa shape index (κ2) is 6.08. The predicted octanol–water partition coefficient (Wildman–Crippen LogP) is 2.72. The van der Waals surface area contributed by atoms with Crippen LogP contribution in [0.3, 0.4) is 0 Å². The van der Waals surface area contributed by atoms with Crippen molar-refractivity contribution in [3.63, 3.8) is 0 Å². The molecule has 1 atom stereocenters. The first kappa shape index (κ1) is 15.2. The molecule has 20 heavy (non-hydrogen) atoms. The Morgan fingerprint density at radius 2 is 2.20 bits per heavy atom. The fourth-order valence-electron chi connectivity index (χ4n) is 3.09. The van der Waals surface area contributed by atoms with Crippen LogP contribution in [0.5, 0.6) is 0 Å². The summed E-state index contributed by atoms with van der Waals surface area (Å²) in [6.07, 6.45) is 5.55. The molecule has 0 radical (unpaired) electrons. The lowest BCUT2D eigenvalue weighted by Gasteiger charge is -2.31. The van der Waals surface area contributed by atoms with Gasteiger partial charge in [0.05, 0.1) is 6.10 Å². The van der Waals surface area contributed by atoms with Crippen molar-refractivity contribution < 1.29 is 5.11 Å². The van der Waals surface area contributed by atoms with Gasteiger partial charge in [0, 0.05) is 24.8 Å². The third-order valence-corrected chi connectivity index (χ3v) is 3.92. The number of aryl methyl sites for hydroxylation is 2. The van der Waals surface area contributed by atoms with E-state index < -0.39 is 0 Å². The van der Waals surface area contributed by atoms with Crippen LogP contribution in [0.15, 0.2) is 6.20 Å². The van der Waals surface area contributed by atoms with Gasteiger partial charge in [-0.2, -0.15) is 0 Å². The number of aliphatic hydroxyl groups excluding tert-OH is 1. The first-order chi connectivity index (χ1) is 9.41. The van der Waals surface area contributed by atoms with Crippen LogP contribution in [0.1, 0.15) is 51.4 Å². The third-order valence-electron chi connectivity index (χ3n) is 3.92. The van der Waals surface area contributed by atoms with Gasteiger partial charge in [-0.3, -0.25) is 0 Å². The molecule has 0 bridgehead atoms. The molecule has 4 heteroatoms. The van der Waals surface area contributed by atoms with Crippen molar-refractivity contribution in [1.82, 2.24) is 9.97 Å². The van der Waals surface area contributed by atoms with Gasteiger partial charge in [0.1, 0.15) is 11.6 Å². The normalized spacial score (nSPS) is 22.6. The Balaban J connectivity index is 2.31. The second-order valence-corrected chi connectivity index (χ2v) is 6.75. The maximum atomic E-state index is 10.1. The number of hydrogen-bond donors (Lipinski definition) is 1. The third kappa shape index (κ3) is 3.69. The Bertz CT molecular complexity index is 459. The Hall–Kier alpha value is -1.16. The molecular weight excluding hydrogens is 250 g/mol. The first-order valence-corrected chi connectivity index (χ1v) is 7.67. The van der Waals surface area contributed by atoms with Crippen LogP contribution in [-0.4, -0.2) is 34.3 Å². The summed E-state index contributed by atoms with van der Waals surface area (Å²) in [4.78, 5) is 11.4. The molecule has 0 aromatic carbocycles. The molecule has 1 aliphatic rings. The SMILES string of the molecule is CCCc1cnc(C)nc1N1CC[C@@H](O)CC(C)(C)C1. The van der Waals surface area contributed by atoms with Gasteiger partial charge in [0.2, 0.25) is 0 Å². The van der Waals surface area contributed by atoms with Crippen molar-refractivity contribution in [2.45, 2.75) is 59.5 Å². The monoisotopic (exact) mass is 277 g/mol. The molecule has 4 nitrogen and oxygen atoms in total. The molecule has 1 N–H and O–H groups in total. The molecule has 2 rings (SSSR count). The van der Waals surface area contributed by atoms with E-state index in [0.29, 0.717) is 0 Å². The summed E-state index contributed by atoms with van der Waals surface area (Å²) >= 11 is 0. The Morgan fingerprint density at radius 1 is 1.45 bits per heavy atom. The minimum atomic E-state index is -0.201. The van der Waals surface area contributed by atoms with Crippen LogP contribution in [0.4, 0.5) is 5.82 Å². The van der Waals surface area contributed by atoms with Crippen LogP contribution in [0.25, 0.3) is 0 Å². The minimum absolute atomic E-state index is 0.109. The maximum absolute atomic E-state index is 10.1. The fourth-order valence-corrected chi connectivity index (χ4v) is 3.09. The molecule has 1 aromatic heterocycles. The Kier molecular flexibility index (Phi) is 4.63. The predicted molar refractivity (Wildman–Crippen MR) is 82.0 cm³/mol. The number of hydrogen-bond acceptors (Lipinski definition) is 4. The van der Waals surface area contributed by atoms with Crippen LogP contribution >= 0.6 is 0 Å². The zero-order valence-electron chi connectivity index (χ0n) is 13.2. The van der Waals surface area contributed by atoms with E-state index in [9.17, 15) is 5.11 Å². The largest absolute Gasteiger partial charge is 0.393 e. The molecule has 0 spiro atoms. The fraction of sp³-hybridized carbons (Fsp3) is 0.750. The molecule has 0 amide bonds. The average molecular weight is 277 g/mol. The topological polar surface area (TPSA) is 49.2 Å². The zero-order valence-corrected chi connectivity index (χ0v) is 13.2. The van der Waals surface area contributed by atoms with E-state index in [0.717, 1.165) is 50.4 Å². The lowest BCUT2D eigenvalue weighted by molar-refractivity contribution is 0.123. The summed E-state index contributed by atoms with van der Waals surface area (Å²) < 4.78 is 0. The number of rotatable bonds is 3. The van der Waals surface area contributed by atoms with Gasteiger partial charge >= 0.3 is 0 Å². The number of aromatic nitrogens is 2. The molecule has 1 fully saturated rings. The second-order valence-electron chi connectivity index (χ2n) is 6.75. The summed E-state index contributed by atoms with van der Waals surface area (Å²) in [5.41, 5.74) is 1.34. The van der Waals surface area contributed by atoms with E-state index in [2.05, 4.69) is 35.6 Å². The molecule has 1 saturated heterocycles. The van der Waals surface area contributed by atoms with E-state index >= 15 is 0 Å². The van der Waals surface area contributed by atoms with Gasteiger partial charge in [-0.05, 0) is 31.6 Å². The smallest absolute Gasteiger partial charge is 0.135 e. The van der Waals surface area contributed by atoms with Crippen molar-refractivity contribution >= 4 is 5.82 Å². The summed E-state index contributed by atoms with van der Waals surface area (Å²) in [6, 6.07) is 0. The molecule has 2 heterocycles. The maximum Gasteiger partial charge on any atom is 0.135 e. The van der Waals surface area contributed by atoms with Crippen molar-refractivity contribution in [2.24, 2.45) is 5.41 Å². The molecule has 1 aliphatic heterocycles. The zero-order chi connectivity index (χ0) is 14.8. The Morgan fingerprint density at radius 3 is 2.90 bits per heavy atom. The van der Waals surface area contributed by atoms with Crippen LogP contribution in [0, 0.1) is 12.3 Å². The summed E-state index contributed by atoms with van der Waals surface area (Å²) in [5.74, 6) is 1.89. The van der Waals surface area contributed by atoms with E-state index in [1.165, 1.54) is 5.56 Å². The highest BCUT2D eigenvalue weighted by Crippen LogP contribution is 2.31. The highest BCUT2D eigenvalue weighted by atomic mass is 16.3. The molecule has 0 unspecified atom stereocenters. The van der Waals surface area contributed by atoms with Crippen molar-refractivity contribution in [1.29, 1.82) is 0 Å². The average Bonchev–Trinajstić information content (AvgIpc) is 2.49. The highest BCUT2D eigenvalue weighted by Gasteiger charge is 2.30. The van der Waals surface area contributed by atoms with Crippen molar-refractivity contribution in [3.8, 4) is 0 Å². The lowest BCUT2D eigenvalue weighted by atomic mass is 9.87.